The lowest BCUT2D eigenvalue weighted by atomic mass is 10.2. The van der Waals surface area contributed by atoms with Crippen LogP contribution in [0.3, 0.4) is 0 Å². The predicted molar refractivity (Wildman–Crippen MR) is 79.7 cm³/mol. The van der Waals surface area contributed by atoms with Gasteiger partial charge in [-0.1, -0.05) is 18.2 Å². The normalized spacial score (nSPS) is 14.4. The van der Waals surface area contributed by atoms with Crippen molar-refractivity contribution in [3.05, 3.63) is 54.4 Å². The zero-order chi connectivity index (χ0) is 12.9. The van der Waals surface area contributed by atoms with Gasteiger partial charge in [-0.15, -0.1) is 0 Å². The molecule has 0 bridgehead atoms. The van der Waals surface area contributed by atoms with Crippen molar-refractivity contribution in [1.82, 2.24) is 4.98 Å². The molecule has 0 aliphatic carbocycles. The molecule has 2 aromatic rings. The minimum absolute atomic E-state index is 1.04. The van der Waals surface area contributed by atoms with Crippen molar-refractivity contribution in [3.8, 4) is 0 Å². The molecule has 1 aliphatic rings. The zero-order valence-electron chi connectivity index (χ0n) is 11.0. The van der Waals surface area contributed by atoms with Crippen LogP contribution in [0, 0.1) is 0 Å². The molecule has 0 saturated carbocycles. The van der Waals surface area contributed by atoms with Crippen molar-refractivity contribution in [3.63, 3.8) is 0 Å². The van der Waals surface area contributed by atoms with Gasteiger partial charge in [0.2, 0.25) is 0 Å². The van der Waals surface area contributed by atoms with Crippen molar-refractivity contribution in [1.29, 1.82) is 0 Å². The number of aromatic nitrogens is 1. The van der Waals surface area contributed by atoms with E-state index in [1.54, 1.807) is 0 Å². The van der Waals surface area contributed by atoms with E-state index in [4.69, 9.17) is 0 Å². The Morgan fingerprint density at radius 1 is 1.16 bits per heavy atom. The number of fused-ring (bicyclic) bond motifs is 1. The van der Waals surface area contributed by atoms with Gasteiger partial charge in [-0.05, 0) is 36.6 Å². The Morgan fingerprint density at radius 2 is 2.11 bits per heavy atom. The second-order valence-electron chi connectivity index (χ2n) is 4.90. The Hall–Kier alpha value is -2.03. The standard InChI is InChI=1S/C16H19N3/c1-2-7-16-15(6-1)18-10-4-11-19(16)12-8-14-5-3-9-17-13-14/h1-3,5-7,9,13,18H,4,8,10-12H2. The van der Waals surface area contributed by atoms with Gasteiger partial charge in [-0.3, -0.25) is 4.98 Å². The van der Waals surface area contributed by atoms with Gasteiger partial charge in [-0.2, -0.15) is 0 Å². The minimum Gasteiger partial charge on any atom is -0.383 e. The summed E-state index contributed by atoms with van der Waals surface area (Å²) in [5.74, 6) is 0. The summed E-state index contributed by atoms with van der Waals surface area (Å²) in [6.45, 7) is 3.22. The summed E-state index contributed by atoms with van der Waals surface area (Å²) in [7, 11) is 0. The first-order chi connectivity index (χ1) is 9.43. The second-order valence-corrected chi connectivity index (χ2v) is 4.90. The van der Waals surface area contributed by atoms with Crippen LogP contribution in [0.15, 0.2) is 48.8 Å². The zero-order valence-corrected chi connectivity index (χ0v) is 11.0. The van der Waals surface area contributed by atoms with Crippen LogP contribution in [0.2, 0.25) is 0 Å². The van der Waals surface area contributed by atoms with E-state index < -0.39 is 0 Å². The van der Waals surface area contributed by atoms with Gasteiger partial charge in [0.1, 0.15) is 0 Å². The van der Waals surface area contributed by atoms with Gasteiger partial charge in [0.15, 0.2) is 0 Å². The third-order valence-corrected chi connectivity index (χ3v) is 3.56. The number of benzene rings is 1. The van der Waals surface area contributed by atoms with Crippen molar-refractivity contribution in [2.24, 2.45) is 0 Å². The molecular formula is C16H19N3. The number of para-hydroxylation sites is 2. The molecule has 3 nitrogen and oxygen atoms in total. The lowest BCUT2D eigenvalue weighted by Gasteiger charge is -2.24. The maximum Gasteiger partial charge on any atom is 0.0602 e. The highest BCUT2D eigenvalue weighted by molar-refractivity contribution is 5.70. The molecule has 2 heterocycles. The number of pyridine rings is 1. The molecule has 3 heteroatoms. The van der Waals surface area contributed by atoms with Crippen molar-refractivity contribution in [2.75, 3.05) is 29.9 Å². The van der Waals surface area contributed by atoms with E-state index in [-0.39, 0.29) is 0 Å². The number of anilines is 2. The topological polar surface area (TPSA) is 28.2 Å². The van der Waals surface area contributed by atoms with Gasteiger partial charge in [0, 0.05) is 32.0 Å². The lowest BCUT2D eigenvalue weighted by Crippen LogP contribution is -2.26. The molecule has 1 aliphatic heterocycles. The van der Waals surface area contributed by atoms with Crippen LogP contribution in [0.1, 0.15) is 12.0 Å². The van der Waals surface area contributed by atoms with Crippen LogP contribution in [0.25, 0.3) is 0 Å². The van der Waals surface area contributed by atoms with Crippen LogP contribution >= 0.6 is 0 Å². The number of hydrogen-bond acceptors (Lipinski definition) is 3. The maximum absolute atomic E-state index is 4.18. The largest absolute Gasteiger partial charge is 0.383 e. The first-order valence-electron chi connectivity index (χ1n) is 6.90. The molecule has 1 aromatic heterocycles. The highest BCUT2D eigenvalue weighted by Gasteiger charge is 2.13. The fourth-order valence-electron chi connectivity index (χ4n) is 2.55. The third-order valence-electron chi connectivity index (χ3n) is 3.56. The molecule has 0 amide bonds. The van der Waals surface area contributed by atoms with Crippen molar-refractivity contribution < 1.29 is 0 Å². The highest BCUT2D eigenvalue weighted by Crippen LogP contribution is 2.27. The molecule has 1 N–H and O–H groups in total. The van der Waals surface area contributed by atoms with Gasteiger partial charge in [-0.25, -0.2) is 0 Å². The molecule has 0 radical (unpaired) electrons. The van der Waals surface area contributed by atoms with Crippen LogP contribution < -0.4 is 10.2 Å². The van der Waals surface area contributed by atoms with E-state index in [0.717, 1.165) is 26.1 Å². The summed E-state index contributed by atoms with van der Waals surface area (Å²) in [6.07, 6.45) is 6.01. The molecule has 0 unspecified atom stereocenters. The van der Waals surface area contributed by atoms with E-state index in [1.807, 2.05) is 18.5 Å². The van der Waals surface area contributed by atoms with E-state index in [9.17, 15) is 0 Å². The van der Waals surface area contributed by atoms with Crippen LogP contribution in [0.4, 0.5) is 11.4 Å². The van der Waals surface area contributed by atoms with E-state index in [0.29, 0.717) is 0 Å². The number of nitrogens with one attached hydrogen (secondary N) is 1. The number of nitrogens with zero attached hydrogens (tertiary/aromatic N) is 2. The van der Waals surface area contributed by atoms with E-state index in [2.05, 4.69) is 45.5 Å². The molecule has 0 saturated heterocycles. The van der Waals surface area contributed by atoms with Gasteiger partial charge in [0.05, 0.1) is 11.4 Å². The van der Waals surface area contributed by atoms with E-state index in [1.165, 1.54) is 23.4 Å². The quantitative estimate of drug-likeness (QED) is 0.911. The summed E-state index contributed by atoms with van der Waals surface area (Å²) in [5.41, 5.74) is 3.88. The molecular weight excluding hydrogens is 234 g/mol. The maximum atomic E-state index is 4.18. The van der Waals surface area contributed by atoms with Crippen LogP contribution in [0.5, 0.6) is 0 Å². The van der Waals surface area contributed by atoms with E-state index >= 15 is 0 Å². The molecule has 19 heavy (non-hydrogen) atoms. The smallest absolute Gasteiger partial charge is 0.0602 e. The first kappa shape index (κ1) is 12.0. The summed E-state index contributed by atoms with van der Waals surface area (Å²) in [6, 6.07) is 12.7. The molecule has 0 fully saturated rings. The van der Waals surface area contributed by atoms with Crippen LogP contribution in [-0.2, 0) is 6.42 Å². The Balaban J connectivity index is 1.74. The highest BCUT2D eigenvalue weighted by atomic mass is 15.2. The van der Waals surface area contributed by atoms with Crippen LogP contribution in [-0.4, -0.2) is 24.6 Å². The van der Waals surface area contributed by atoms with Crippen molar-refractivity contribution >= 4 is 11.4 Å². The Morgan fingerprint density at radius 3 is 3.00 bits per heavy atom. The molecule has 0 atom stereocenters. The fourth-order valence-corrected chi connectivity index (χ4v) is 2.55. The third kappa shape index (κ3) is 2.87. The molecule has 0 spiro atoms. The number of hydrogen-bond donors (Lipinski definition) is 1. The van der Waals surface area contributed by atoms with Crippen molar-refractivity contribution in [2.45, 2.75) is 12.8 Å². The average Bonchev–Trinajstić information content (AvgIpc) is 2.68. The predicted octanol–water partition coefficient (Wildman–Crippen LogP) is 2.95. The molecule has 3 rings (SSSR count). The Bertz CT molecular complexity index is 525. The fraction of sp³-hybridized carbons (Fsp3) is 0.312. The summed E-state index contributed by atoms with van der Waals surface area (Å²) < 4.78 is 0. The monoisotopic (exact) mass is 253 g/mol. The molecule has 98 valence electrons. The average molecular weight is 253 g/mol. The summed E-state index contributed by atoms with van der Waals surface area (Å²) in [5, 5.41) is 3.50. The van der Waals surface area contributed by atoms with Gasteiger partial charge < -0.3 is 10.2 Å². The molecule has 1 aromatic carbocycles. The first-order valence-corrected chi connectivity index (χ1v) is 6.90. The summed E-state index contributed by atoms with van der Waals surface area (Å²) in [4.78, 5) is 6.65. The summed E-state index contributed by atoms with van der Waals surface area (Å²) >= 11 is 0. The minimum atomic E-state index is 1.04. The second kappa shape index (κ2) is 5.74. The van der Waals surface area contributed by atoms with Gasteiger partial charge in [0.25, 0.3) is 0 Å². The lowest BCUT2D eigenvalue weighted by molar-refractivity contribution is 0.753. The Labute approximate surface area is 114 Å². The SMILES string of the molecule is c1cncc(CCN2CCCNc3ccccc32)c1. The Kier molecular flexibility index (Phi) is 3.63. The number of rotatable bonds is 3. The van der Waals surface area contributed by atoms with Gasteiger partial charge >= 0.3 is 0 Å².